The van der Waals surface area contributed by atoms with E-state index < -0.39 is 11.7 Å². The third-order valence-corrected chi connectivity index (χ3v) is 4.57. The number of pyridine rings is 1. The minimum Gasteiger partial charge on any atom is -0.365 e. The molecule has 0 unspecified atom stereocenters. The van der Waals surface area contributed by atoms with Gasteiger partial charge in [0.2, 0.25) is 0 Å². The van der Waals surface area contributed by atoms with Gasteiger partial charge in [0.1, 0.15) is 10.8 Å². The van der Waals surface area contributed by atoms with Crippen molar-refractivity contribution in [2.45, 2.75) is 37.9 Å². The normalized spacial score (nSPS) is 17.3. The molecule has 0 spiro atoms. The maximum absolute atomic E-state index is 13.3. The van der Waals surface area contributed by atoms with Crippen LogP contribution < -0.4 is 5.32 Å². The molecule has 1 aliphatic rings. The average Bonchev–Trinajstić information content (AvgIpc) is 2.89. The SMILES string of the molecule is CC1(Nc2cc(C(F)(F)F)c(-c3nccs3)cn2)CCC1. The van der Waals surface area contributed by atoms with Crippen LogP contribution in [0.5, 0.6) is 0 Å². The number of rotatable bonds is 3. The molecule has 0 atom stereocenters. The number of hydrogen-bond acceptors (Lipinski definition) is 4. The highest BCUT2D eigenvalue weighted by atomic mass is 32.1. The molecule has 0 aromatic carbocycles. The van der Waals surface area contributed by atoms with Crippen LogP contribution in [-0.4, -0.2) is 15.5 Å². The highest BCUT2D eigenvalue weighted by Gasteiger charge is 2.36. The molecule has 1 aliphatic carbocycles. The Bertz CT molecular complexity index is 633. The molecule has 0 radical (unpaired) electrons. The second-order valence-electron chi connectivity index (χ2n) is 5.49. The number of hydrogen-bond donors (Lipinski definition) is 1. The number of nitrogens with zero attached hydrogens (tertiary/aromatic N) is 2. The van der Waals surface area contributed by atoms with Gasteiger partial charge in [-0.1, -0.05) is 0 Å². The third kappa shape index (κ3) is 2.88. The standard InChI is InChI=1S/C14H14F3N3S/c1-13(3-2-4-13)20-11-7-10(14(15,16)17)9(8-19-11)12-18-5-6-21-12/h5-8H,2-4H2,1H3,(H,19,20). The zero-order chi connectivity index (χ0) is 15.1. The third-order valence-electron chi connectivity index (χ3n) is 3.76. The Morgan fingerprint density at radius 1 is 1.29 bits per heavy atom. The minimum atomic E-state index is -4.43. The van der Waals surface area contributed by atoms with Crippen molar-refractivity contribution in [3.8, 4) is 10.6 Å². The molecule has 21 heavy (non-hydrogen) atoms. The summed E-state index contributed by atoms with van der Waals surface area (Å²) >= 11 is 1.17. The molecule has 7 heteroatoms. The van der Waals surface area contributed by atoms with E-state index >= 15 is 0 Å². The molecule has 112 valence electrons. The zero-order valence-corrected chi connectivity index (χ0v) is 12.2. The topological polar surface area (TPSA) is 37.8 Å². The molecule has 2 aromatic rings. The van der Waals surface area contributed by atoms with Crippen LogP contribution in [-0.2, 0) is 6.18 Å². The van der Waals surface area contributed by atoms with Crippen LogP contribution in [0.2, 0.25) is 0 Å². The minimum absolute atomic E-state index is 0.0295. The van der Waals surface area contributed by atoms with Crippen molar-refractivity contribution >= 4 is 17.2 Å². The Kier molecular flexibility index (Phi) is 3.39. The van der Waals surface area contributed by atoms with E-state index in [2.05, 4.69) is 15.3 Å². The molecule has 1 fully saturated rings. The Balaban J connectivity index is 1.99. The van der Waals surface area contributed by atoms with Crippen LogP contribution in [0.3, 0.4) is 0 Å². The summed E-state index contributed by atoms with van der Waals surface area (Å²) in [5, 5.41) is 5.09. The molecule has 0 aliphatic heterocycles. The van der Waals surface area contributed by atoms with E-state index in [0.717, 1.165) is 25.3 Å². The summed E-state index contributed by atoms with van der Waals surface area (Å²) in [6.45, 7) is 2.00. The smallest absolute Gasteiger partial charge is 0.365 e. The van der Waals surface area contributed by atoms with E-state index in [-0.39, 0.29) is 16.9 Å². The van der Waals surface area contributed by atoms with E-state index in [1.165, 1.54) is 23.7 Å². The van der Waals surface area contributed by atoms with Crippen molar-refractivity contribution in [2.75, 3.05) is 5.32 Å². The van der Waals surface area contributed by atoms with Crippen LogP contribution in [0.15, 0.2) is 23.8 Å². The number of nitrogens with one attached hydrogen (secondary N) is 1. The zero-order valence-electron chi connectivity index (χ0n) is 11.4. The fourth-order valence-corrected chi connectivity index (χ4v) is 3.09. The van der Waals surface area contributed by atoms with Crippen LogP contribution in [0, 0.1) is 0 Å². The molecule has 1 saturated carbocycles. The summed E-state index contributed by atoms with van der Waals surface area (Å²) < 4.78 is 39.8. The van der Waals surface area contributed by atoms with Crippen molar-refractivity contribution in [3.05, 3.63) is 29.4 Å². The molecule has 2 aromatic heterocycles. The Morgan fingerprint density at radius 3 is 2.57 bits per heavy atom. The van der Waals surface area contributed by atoms with Gasteiger partial charge in [-0.3, -0.25) is 0 Å². The first-order chi connectivity index (χ1) is 9.87. The van der Waals surface area contributed by atoms with Crippen LogP contribution >= 0.6 is 11.3 Å². The summed E-state index contributed by atoms with van der Waals surface area (Å²) in [5.41, 5.74) is -0.807. The lowest BCUT2D eigenvalue weighted by molar-refractivity contribution is -0.137. The molecule has 0 saturated heterocycles. The molecular formula is C14H14F3N3S. The first kappa shape index (κ1) is 14.3. The van der Waals surface area contributed by atoms with Gasteiger partial charge in [0, 0.05) is 28.9 Å². The molecular weight excluding hydrogens is 299 g/mol. The highest BCUT2D eigenvalue weighted by molar-refractivity contribution is 7.13. The number of alkyl halides is 3. The quantitative estimate of drug-likeness (QED) is 0.901. The predicted octanol–water partition coefficient (Wildman–Crippen LogP) is 4.58. The fourth-order valence-electron chi connectivity index (χ4n) is 2.43. The predicted molar refractivity (Wildman–Crippen MR) is 76.2 cm³/mol. The Hall–Kier alpha value is -1.63. The maximum Gasteiger partial charge on any atom is 0.417 e. The first-order valence-electron chi connectivity index (χ1n) is 6.63. The van der Waals surface area contributed by atoms with Crippen LogP contribution in [0.1, 0.15) is 31.7 Å². The van der Waals surface area contributed by atoms with E-state index in [1.807, 2.05) is 6.92 Å². The van der Waals surface area contributed by atoms with Crippen LogP contribution in [0.4, 0.5) is 19.0 Å². The number of anilines is 1. The van der Waals surface area contributed by atoms with Gasteiger partial charge in [0.15, 0.2) is 0 Å². The lowest BCUT2D eigenvalue weighted by Crippen LogP contribution is -2.41. The van der Waals surface area contributed by atoms with Gasteiger partial charge in [0.05, 0.1) is 5.56 Å². The van der Waals surface area contributed by atoms with Gasteiger partial charge in [-0.2, -0.15) is 13.2 Å². The second kappa shape index (κ2) is 4.98. The lowest BCUT2D eigenvalue weighted by Gasteiger charge is -2.39. The number of aromatic nitrogens is 2. The van der Waals surface area contributed by atoms with E-state index in [4.69, 9.17) is 0 Å². The van der Waals surface area contributed by atoms with Gasteiger partial charge in [-0.05, 0) is 32.3 Å². The van der Waals surface area contributed by atoms with Gasteiger partial charge in [-0.25, -0.2) is 9.97 Å². The molecule has 2 heterocycles. The van der Waals surface area contributed by atoms with E-state index in [9.17, 15) is 13.2 Å². The Labute approximate surface area is 124 Å². The molecule has 3 rings (SSSR count). The molecule has 1 N–H and O–H groups in total. The van der Waals surface area contributed by atoms with Gasteiger partial charge >= 0.3 is 6.18 Å². The van der Waals surface area contributed by atoms with Crippen molar-refractivity contribution in [3.63, 3.8) is 0 Å². The summed E-state index contributed by atoms with van der Waals surface area (Å²) in [6.07, 6.45) is 1.30. The molecule has 3 nitrogen and oxygen atoms in total. The largest absolute Gasteiger partial charge is 0.417 e. The fraction of sp³-hybridized carbons (Fsp3) is 0.429. The molecule has 0 amide bonds. The first-order valence-corrected chi connectivity index (χ1v) is 7.51. The van der Waals surface area contributed by atoms with Crippen molar-refractivity contribution < 1.29 is 13.2 Å². The van der Waals surface area contributed by atoms with Crippen molar-refractivity contribution in [1.82, 2.24) is 9.97 Å². The van der Waals surface area contributed by atoms with Gasteiger partial charge in [-0.15, -0.1) is 11.3 Å². The average molecular weight is 313 g/mol. The summed E-state index contributed by atoms with van der Waals surface area (Å²) in [5.74, 6) is 0.268. The van der Waals surface area contributed by atoms with E-state index in [1.54, 1.807) is 5.38 Å². The van der Waals surface area contributed by atoms with Gasteiger partial charge in [0.25, 0.3) is 0 Å². The number of thiazole rings is 1. The summed E-state index contributed by atoms with van der Waals surface area (Å²) in [4.78, 5) is 8.08. The number of halogens is 3. The van der Waals surface area contributed by atoms with Crippen LogP contribution in [0.25, 0.3) is 10.6 Å². The summed E-state index contributed by atoms with van der Waals surface area (Å²) in [7, 11) is 0. The summed E-state index contributed by atoms with van der Waals surface area (Å²) in [6, 6.07) is 1.08. The van der Waals surface area contributed by atoms with Crippen molar-refractivity contribution in [1.29, 1.82) is 0 Å². The maximum atomic E-state index is 13.3. The van der Waals surface area contributed by atoms with Crippen molar-refractivity contribution in [2.24, 2.45) is 0 Å². The van der Waals surface area contributed by atoms with Gasteiger partial charge < -0.3 is 5.32 Å². The monoisotopic (exact) mass is 313 g/mol. The second-order valence-corrected chi connectivity index (χ2v) is 6.38. The van der Waals surface area contributed by atoms with E-state index in [0.29, 0.717) is 5.01 Å². The molecule has 0 bridgehead atoms. The Morgan fingerprint density at radius 2 is 2.05 bits per heavy atom. The lowest BCUT2D eigenvalue weighted by atomic mass is 9.78. The highest BCUT2D eigenvalue weighted by Crippen LogP contribution is 2.40.